The maximum absolute atomic E-state index is 10.0. The van der Waals surface area contributed by atoms with E-state index in [2.05, 4.69) is 37.7 Å². The highest BCUT2D eigenvalue weighted by molar-refractivity contribution is 4.85. The Kier molecular flexibility index (Phi) is 5.69. The van der Waals surface area contributed by atoms with Gasteiger partial charge in [-0.25, -0.2) is 0 Å². The number of aliphatic hydroxyl groups excluding tert-OH is 1. The molecule has 0 amide bonds. The van der Waals surface area contributed by atoms with Crippen molar-refractivity contribution in [3.8, 4) is 0 Å². The third-order valence-electron chi connectivity index (χ3n) is 3.28. The highest BCUT2D eigenvalue weighted by Gasteiger charge is 2.31. The number of hydrogen-bond acceptors (Lipinski definition) is 4. The van der Waals surface area contributed by atoms with E-state index in [9.17, 15) is 5.11 Å². The Labute approximate surface area is 99.2 Å². The Bertz CT molecular complexity index is 199. The summed E-state index contributed by atoms with van der Waals surface area (Å²) in [6.45, 7) is 7.68. The molecule has 0 aromatic heterocycles. The van der Waals surface area contributed by atoms with Crippen molar-refractivity contribution in [2.75, 3.05) is 40.4 Å². The average molecular weight is 230 g/mol. The van der Waals surface area contributed by atoms with Gasteiger partial charge in [0.1, 0.15) is 0 Å². The van der Waals surface area contributed by atoms with E-state index in [0.29, 0.717) is 19.3 Å². The molecule has 1 aliphatic heterocycles. The van der Waals surface area contributed by atoms with Gasteiger partial charge in [0.05, 0.1) is 18.8 Å². The molecule has 1 fully saturated rings. The zero-order valence-electron chi connectivity index (χ0n) is 11.0. The molecule has 4 nitrogen and oxygen atoms in total. The van der Waals surface area contributed by atoms with Crippen LogP contribution in [0.3, 0.4) is 0 Å². The summed E-state index contributed by atoms with van der Waals surface area (Å²) >= 11 is 0. The van der Waals surface area contributed by atoms with Gasteiger partial charge in [0.25, 0.3) is 0 Å². The van der Waals surface area contributed by atoms with E-state index in [1.165, 1.54) is 0 Å². The SMILES string of the molecule is CCN(C(C)CN(C)C)C1COCCC1O. The van der Waals surface area contributed by atoms with Crippen LogP contribution in [0.2, 0.25) is 0 Å². The highest BCUT2D eigenvalue weighted by Crippen LogP contribution is 2.17. The number of ether oxygens (including phenoxy) is 1. The van der Waals surface area contributed by atoms with Crippen LogP contribution in [0, 0.1) is 0 Å². The second-order valence-electron chi connectivity index (χ2n) is 4.94. The summed E-state index contributed by atoms with van der Waals surface area (Å²) in [4.78, 5) is 4.53. The van der Waals surface area contributed by atoms with E-state index in [0.717, 1.165) is 19.5 Å². The maximum Gasteiger partial charge on any atom is 0.0739 e. The third kappa shape index (κ3) is 3.70. The second kappa shape index (κ2) is 6.55. The van der Waals surface area contributed by atoms with Gasteiger partial charge < -0.3 is 14.7 Å². The molecule has 1 aliphatic rings. The van der Waals surface area contributed by atoms with E-state index in [4.69, 9.17) is 4.74 Å². The minimum atomic E-state index is -0.238. The summed E-state index contributed by atoms with van der Waals surface area (Å²) in [6, 6.07) is 0.607. The van der Waals surface area contributed by atoms with Gasteiger partial charge in [-0.2, -0.15) is 0 Å². The Morgan fingerprint density at radius 1 is 1.44 bits per heavy atom. The molecule has 96 valence electrons. The van der Waals surface area contributed by atoms with Crippen LogP contribution in [0.15, 0.2) is 0 Å². The molecule has 0 aromatic carbocycles. The first kappa shape index (κ1) is 13.9. The molecule has 3 atom stereocenters. The summed E-state index contributed by atoms with van der Waals surface area (Å²) in [5, 5.41) is 10.0. The third-order valence-corrected chi connectivity index (χ3v) is 3.28. The van der Waals surface area contributed by atoms with E-state index in [1.807, 2.05) is 0 Å². The zero-order chi connectivity index (χ0) is 12.1. The summed E-state index contributed by atoms with van der Waals surface area (Å²) in [7, 11) is 4.16. The largest absolute Gasteiger partial charge is 0.391 e. The lowest BCUT2D eigenvalue weighted by Crippen LogP contribution is -2.54. The predicted octanol–water partition coefficient (Wildman–Crippen LogP) is 0.408. The molecule has 0 bridgehead atoms. The number of hydrogen-bond donors (Lipinski definition) is 1. The van der Waals surface area contributed by atoms with Crippen molar-refractivity contribution in [1.82, 2.24) is 9.80 Å². The molecule has 0 radical (unpaired) electrons. The lowest BCUT2D eigenvalue weighted by atomic mass is 10.0. The molecule has 16 heavy (non-hydrogen) atoms. The van der Waals surface area contributed by atoms with Crippen LogP contribution in [-0.2, 0) is 4.74 Å². The van der Waals surface area contributed by atoms with Crippen molar-refractivity contribution in [3.05, 3.63) is 0 Å². The van der Waals surface area contributed by atoms with Gasteiger partial charge in [-0.3, -0.25) is 4.90 Å². The predicted molar refractivity (Wildman–Crippen MR) is 65.6 cm³/mol. The number of likely N-dealkylation sites (N-methyl/N-ethyl adjacent to an activating group) is 2. The van der Waals surface area contributed by atoms with Crippen LogP contribution in [0.5, 0.6) is 0 Å². The van der Waals surface area contributed by atoms with Crippen LogP contribution in [0.25, 0.3) is 0 Å². The number of nitrogens with zero attached hydrogens (tertiary/aromatic N) is 2. The lowest BCUT2D eigenvalue weighted by Gasteiger charge is -2.41. The smallest absolute Gasteiger partial charge is 0.0739 e. The van der Waals surface area contributed by atoms with Crippen LogP contribution >= 0.6 is 0 Å². The molecule has 3 unspecified atom stereocenters. The zero-order valence-corrected chi connectivity index (χ0v) is 11.0. The molecular formula is C12H26N2O2. The fourth-order valence-electron chi connectivity index (χ4n) is 2.53. The number of aliphatic hydroxyl groups is 1. The van der Waals surface area contributed by atoms with Gasteiger partial charge >= 0.3 is 0 Å². The topological polar surface area (TPSA) is 35.9 Å². The van der Waals surface area contributed by atoms with Gasteiger partial charge in [-0.05, 0) is 34.0 Å². The molecule has 1 rings (SSSR count). The van der Waals surface area contributed by atoms with E-state index in [-0.39, 0.29) is 12.1 Å². The molecule has 1 heterocycles. The molecule has 1 saturated heterocycles. The first-order valence-corrected chi connectivity index (χ1v) is 6.22. The van der Waals surface area contributed by atoms with Gasteiger partial charge in [-0.15, -0.1) is 0 Å². The average Bonchev–Trinajstić information content (AvgIpc) is 2.20. The van der Waals surface area contributed by atoms with Gasteiger partial charge in [0.2, 0.25) is 0 Å². The van der Waals surface area contributed by atoms with Gasteiger partial charge in [0, 0.05) is 19.2 Å². The normalized spacial score (nSPS) is 28.7. The Balaban J connectivity index is 2.57. The molecule has 1 N–H and O–H groups in total. The van der Waals surface area contributed by atoms with Crippen LogP contribution in [-0.4, -0.2) is 73.5 Å². The molecule has 0 aliphatic carbocycles. The van der Waals surface area contributed by atoms with Crippen molar-refractivity contribution in [2.24, 2.45) is 0 Å². The summed E-state index contributed by atoms with van der Waals surface area (Å²) in [5.41, 5.74) is 0. The molecule has 0 spiro atoms. The fourth-order valence-corrected chi connectivity index (χ4v) is 2.53. The van der Waals surface area contributed by atoms with E-state index >= 15 is 0 Å². The van der Waals surface area contributed by atoms with Crippen LogP contribution in [0.1, 0.15) is 20.3 Å². The summed E-state index contributed by atoms with van der Waals surface area (Å²) < 4.78 is 5.48. The maximum atomic E-state index is 10.0. The second-order valence-corrected chi connectivity index (χ2v) is 4.94. The minimum absolute atomic E-state index is 0.161. The Morgan fingerprint density at radius 3 is 2.62 bits per heavy atom. The first-order valence-electron chi connectivity index (χ1n) is 6.22. The van der Waals surface area contributed by atoms with E-state index in [1.54, 1.807) is 0 Å². The summed E-state index contributed by atoms with van der Waals surface area (Å²) in [5.74, 6) is 0. The van der Waals surface area contributed by atoms with Crippen molar-refractivity contribution in [1.29, 1.82) is 0 Å². The van der Waals surface area contributed by atoms with Gasteiger partial charge in [0.15, 0.2) is 0 Å². The number of rotatable bonds is 5. The van der Waals surface area contributed by atoms with Crippen molar-refractivity contribution >= 4 is 0 Å². The van der Waals surface area contributed by atoms with Gasteiger partial charge in [-0.1, -0.05) is 6.92 Å². The summed E-state index contributed by atoms with van der Waals surface area (Å²) in [6.07, 6.45) is 0.522. The molecular weight excluding hydrogens is 204 g/mol. The fraction of sp³-hybridized carbons (Fsp3) is 1.00. The molecule has 0 saturated carbocycles. The van der Waals surface area contributed by atoms with Crippen LogP contribution < -0.4 is 0 Å². The van der Waals surface area contributed by atoms with Crippen molar-refractivity contribution in [3.63, 3.8) is 0 Å². The van der Waals surface area contributed by atoms with Crippen LogP contribution in [0.4, 0.5) is 0 Å². The van der Waals surface area contributed by atoms with Crippen molar-refractivity contribution < 1.29 is 9.84 Å². The van der Waals surface area contributed by atoms with E-state index < -0.39 is 0 Å². The quantitative estimate of drug-likeness (QED) is 0.742. The lowest BCUT2D eigenvalue weighted by molar-refractivity contribution is -0.0720. The Hall–Kier alpha value is -0.160. The Morgan fingerprint density at radius 2 is 2.12 bits per heavy atom. The highest BCUT2D eigenvalue weighted by atomic mass is 16.5. The standard InChI is InChI=1S/C12H26N2O2/c1-5-14(10(2)8-13(3)4)11-9-16-7-6-12(11)15/h10-12,15H,5-9H2,1-4H3. The van der Waals surface area contributed by atoms with Crippen molar-refractivity contribution in [2.45, 2.75) is 38.5 Å². The molecule has 4 heteroatoms. The minimum Gasteiger partial charge on any atom is -0.391 e. The monoisotopic (exact) mass is 230 g/mol. The first-order chi connectivity index (χ1) is 7.56. The molecule has 0 aromatic rings.